The van der Waals surface area contributed by atoms with Crippen LogP contribution in [0.15, 0.2) is 36.9 Å². The molecule has 2 aliphatic heterocycles. The van der Waals surface area contributed by atoms with Gasteiger partial charge in [-0.2, -0.15) is 15.5 Å². The van der Waals surface area contributed by atoms with Gasteiger partial charge in [-0.05, 0) is 44.4 Å². The second-order valence-electron chi connectivity index (χ2n) is 8.92. The average Bonchev–Trinajstić information content (AvgIpc) is 3.18. The molecule has 0 bridgehead atoms. The molecular weight excluding hydrogens is 378 g/mol. The molecule has 3 aromatic heterocycles. The highest BCUT2D eigenvalue weighted by atomic mass is 16.2. The van der Waals surface area contributed by atoms with Crippen molar-refractivity contribution >= 4 is 17.1 Å². The number of aromatic nitrogens is 4. The van der Waals surface area contributed by atoms with Crippen LogP contribution in [0.3, 0.4) is 0 Å². The summed E-state index contributed by atoms with van der Waals surface area (Å²) < 4.78 is 3.85. The summed E-state index contributed by atoms with van der Waals surface area (Å²) >= 11 is 0. The van der Waals surface area contributed by atoms with E-state index < -0.39 is 5.41 Å². The van der Waals surface area contributed by atoms with Crippen molar-refractivity contribution in [1.29, 1.82) is 5.26 Å². The molecule has 6 rings (SSSR count). The lowest BCUT2D eigenvalue weighted by molar-refractivity contribution is -0.123. The third kappa shape index (κ3) is 2.45. The largest absolute Gasteiger partial charge is 0.309 e. The van der Waals surface area contributed by atoms with Gasteiger partial charge in [0.2, 0.25) is 5.91 Å². The van der Waals surface area contributed by atoms with Crippen LogP contribution in [0, 0.1) is 22.7 Å². The predicted octanol–water partition coefficient (Wildman–Crippen LogP) is 2.34. The van der Waals surface area contributed by atoms with Crippen LogP contribution in [0.4, 0.5) is 5.69 Å². The second kappa shape index (κ2) is 6.16. The van der Waals surface area contributed by atoms with E-state index in [9.17, 15) is 10.1 Å². The molecule has 0 N–H and O–H groups in total. The molecule has 3 fully saturated rings. The number of hydrogen-bond donors (Lipinski definition) is 0. The Bertz CT molecular complexity index is 1190. The fourth-order valence-electron chi connectivity index (χ4n) is 5.02. The van der Waals surface area contributed by atoms with Crippen LogP contribution in [-0.4, -0.2) is 56.9 Å². The van der Waals surface area contributed by atoms with Crippen LogP contribution in [0.2, 0.25) is 0 Å². The number of likely N-dealkylation sites (N-methyl/N-ethyl adjacent to an activating group) is 1. The molecule has 0 unspecified atom stereocenters. The molecule has 0 aromatic carbocycles. The minimum absolute atomic E-state index is 0.0507. The number of anilines is 1. The lowest BCUT2D eigenvalue weighted by Gasteiger charge is -2.36. The van der Waals surface area contributed by atoms with E-state index >= 15 is 0 Å². The van der Waals surface area contributed by atoms with Crippen molar-refractivity contribution < 1.29 is 4.79 Å². The van der Waals surface area contributed by atoms with Crippen LogP contribution in [0.5, 0.6) is 0 Å². The molecule has 1 aliphatic carbocycles. The van der Waals surface area contributed by atoms with Crippen LogP contribution >= 0.6 is 0 Å². The number of rotatable bonds is 4. The third-order valence-electron chi connectivity index (χ3n) is 6.96. The molecule has 5 heterocycles. The molecule has 2 saturated heterocycles. The summed E-state index contributed by atoms with van der Waals surface area (Å²) in [5, 5.41) is 18.8. The summed E-state index contributed by atoms with van der Waals surface area (Å²) in [6, 6.07) is 6.74. The SMILES string of the molecule is CN1CC(n2cc(-c3cc4c(N5CC[C@@](C#N)(C6CC6)C5=O)ccnn4c3)cn2)C1. The van der Waals surface area contributed by atoms with Gasteiger partial charge in [-0.25, -0.2) is 4.52 Å². The molecule has 1 amide bonds. The smallest absolute Gasteiger partial charge is 0.247 e. The van der Waals surface area contributed by atoms with Crippen molar-refractivity contribution in [2.45, 2.75) is 25.3 Å². The topological polar surface area (TPSA) is 82.5 Å². The molecule has 3 aromatic rings. The Hall–Kier alpha value is -3.18. The summed E-state index contributed by atoms with van der Waals surface area (Å²) in [5.74, 6) is 0.168. The zero-order valence-electron chi connectivity index (χ0n) is 16.9. The van der Waals surface area contributed by atoms with E-state index in [1.165, 1.54) is 0 Å². The Morgan fingerprint density at radius 1 is 1.20 bits per heavy atom. The molecule has 152 valence electrons. The average molecular weight is 401 g/mol. The van der Waals surface area contributed by atoms with Gasteiger partial charge in [-0.1, -0.05) is 0 Å². The standard InChI is InChI=1S/C22H23N7O/c1-26-12-18(13-26)28-11-16(9-25-28)15-8-20-19(4-6-24-29(20)10-15)27-7-5-22(14-23,21(27)30)17-2-3-17/h4,6,8-11,17-18H,2-3,5,7,12-13H2,1H3/t22-/m1/s1. The normalized spacial score (nSPS) is 25.1. The molecule has 0 spiro atoms. The number of fused-ring (bicyclic) bond motifs is 1. The van der Waals surface area contributed by atoms with E-state index in [0.29, 0.717) is 19.0 Å². The number of amides is 1. The van der Waals surface area contributed by atoms with Crippen molar-refractivity contribution in [3.8, 4) is 17.2 Å². The monoisotopic (exact) mass is 401 g/mol. The van der Waals surface area contributed by atoms with Gasteiger partial charge in [0.25, 0.3) is 0 Å². The van der Waals surface area contributed by atoms with Gasteiger partial charge < -0.3 is 9.80 Å². The lowest BCUT2D eigenvalue weighted by atomic mass is 9.83. The molecule has 0 radical (unpaired) electrons. The highest BCUT2D eigenvalue weighted by Crippen LogP contribution is 2.52. The van der Waals surface area contributed by atoms with Gasteiger partial charge in [0.15, 0.2) is 0 Å². The van der Waals surface area contributed by atoms with Crippen LogP contribution in [-0.2, 0) is 4.79 Å². The van der Waals surface area contributed by atoms with E-state index in [0.717, 1.165) is 48.3 Å². The Balaban J connectivity index is 1.35. The number of carbonyl (C=O) groups is 1. The van der Waals surface area contributed by atoms with Gasteiger partial charge in [-0.3, -0.25) is 9.48 Å². The van der Waals surface area contributed by atoms with Crippen LogP contribution in [0.1, 0.15) is 25.3 Å². The minimum atomic E-state index is -0.841. The van der Waals surface area contributed by atoms with Crippen molar-refractivity contribution in [1.82, 2.24) is 24.3 Å². The highest BCUT2D eigenvalue weighted by Gasteiger charge is 2.57. The summed E-state index contributed by atoms with van der Waals surface area (Å²) in [4.78, 5) is 17.3. The number of carbonyl (C=O) groups excluding carboxylic acids is 1. The number of nitriles is 1. The Morgan fingerprint density at radius 2 is 2.03 bits per heavy atom. The lowest BCUT2D eigenvalue weighted by Crippen LogP contribution is -2.45. The zero-order chi connectivity index (χ0) is 20.5. The van der Waals surface area contributed by atoms with E-state index in [2.05, 4.69) is 40.5 Å². The van der Waals surface area contributed by atoms with Crippen molar-refractivity contribution in [3.05, 3.63) is 36.9 Å². The summed E-state index contributed by atoms with van der Waals surface area (Å²) in [6.07, 6.45) is 10.2. The molecule has 1 saturated carbocycles. The molecule has 8 nitrogen and oxygen atoms in total. The summed E-state index contributed by atoms with van der Waals surface area (Å²) in [7, 11) is 2.11. The van der Waals surface area contributed by atoms with Crippen molar-refractivity contribution in [2.75, 3.05) is 31.6 Å². The number of likely N-dealkylation sites (tertiary alicyclic amines) is 1. The highest BCUT2D eigenvalue weighted by molar-refractivity contribution is 6.05. The van der Waals surface area contributed by atoms with E-state index in [4.69, 9.17) is 0 Å². The third-order valence-corrected chi connectivity index (χ3v) is 6.96. The molecular formula is C22H23N7O. The second-order valence-corrected chi connectivity index (χ2v) is 8.92. The first kappa shape index (κ1) is 17.7. The quantitative estimate of drug-likeness (QED) is 0.670. The minimum Gasteiger partial charge on any atom is -0.309 e. The molecule has 3 aliphatic rings. The van der Waals surface area contributed by atoms with Gasteiger partial charge in [0, 0.05) is 49.4 Å². The maximum absolute atomic E-state index is 13.3. The van der Waals surface area contributed by atoms with Crippen molar-refractivity contribution in [2.24, 2.45) is 11.3 Å². The zero-order valence-corrected chi connectivity index (χ0v) is 16.9. The van der Waals surface area contributed by atoms with Gasteiger partial charge in [0.1, 0.15) is 5.41 Å². The van der Waals surface area contributed by atoms with Gasteiger partial charge in [0.05, 0.1) is 29.5 Å². The number of nitrogens with zero attached hydrogens (tertiary/aromatic N) is 7. The van der Waals surface area contributed by atoms with Crippen LogP contribution in [0.25, 0.3) is 16.6 Å². The molecule has 8 heteroatoms. The first-order chi connectivity index (χ1) is 14.6. The maximum Gasteiger partial charge on any atom is 0.247 e. The van der Waals surface area contributed by atoms with Gasteiger partial charge >= 0.3 is 0 Å². The maximum atomic E-state index is 13.3. The van der Waals surface area contributed by atoms with E-state index in [-0.39, 0.29) is 11.8 Å². The summed E-state index contributed by atoms with van der Waals surface area (Å²) in [6.45, 7) is 2.61. The Morgan fingerprint density at radius 3 is 2.77 bits per heavy atom. The van der Waals surface area contributed by atoms with E-state index in [1.807, 2.05) is 27.7 Å². The fourth-order valence-corrected chi connectivity index (χ4v) is 5.02. The summed E-state index contributed by atoms with van der Waals surface area (Å²) in [5.41, 5.74) is 2.92. The molecule has 1 atom stereocenters. The van der Waals surface area contributed by atoms with Crippen LogP contribution < -0.4 is 4.90 Å². The van der Waals surface area contributed by atoms with Gasteiger partial charge in [-0.15, -0.1) is 0 Å². The van der Waals surface area contributed by atoms with E-state index in [1.54, 1.807) is 11.1 Å². The Labute approximate surface area is 174 Å². The number of hydrogen-bond acceptors (Lipinski definition) is 5. The molecule has 30 heavy (non-hydrogen) atoms. The van der Waals surface area contributed by atoms with Crippen molar-refractivity contribution in [3.63, 3.8) is 0 Å². The first-order valence-electron chi connectivity index (χ1n) is 10.5. The first-order valence-corrected chi connectivity index (χ1v) is 10.5. The predicted molar refractivity (Wildman–Crippen MR) is 111 cm³/mol. The Kier molecular flexibility index (Phi) is 3.63. The fraction of sp³-hybridized carbons (Fsp3) is 0.455.